The van der Waals surface area contributed by atoms with Crippen LogP contribution in [0.3, 0.4) is 0 Å². The summed E-state index contributed by atoms with van der Waals surface area (Å²) >= 11 is 0. The molecule has 2 rings (SSSR count). The maximum atomic E-state index is 12.2. The molecule has 0 spiro atoms. The van der Waals surface area contributed by atoms with Gasteiger partial charge in [0.05, 0.1) is 0 Å². The van der Waals surface area contributed by atoms with Crippen molar-refractivity contribution in [2.24, 2.45) is 5.73 Å². The zero-order valence-electron chi connectivity index (χ0n) is 13.4. The van der Waals surface area contributed by atoms with E-state index < -0.39 is 5.91 Å². The molecule has 0 saturated heterocycles. The Morgan fingerprint density at radius 3 is 1.91 bits per heavy atom. The molecule has 0 saturated carbocycles. The lowest BCUT2D eigenvalue weighted by molar-refractivity contribution is 0.0998. The highest BCUT2D eigenvalue weighted by Gasteiger charge is 2.12. The minimum Gasteiger partial charge on any atom is -0.488 e. The van der Waals surface area contributed by atoms with Gasteiger partial charge in [-0.1, -0.05) is 0 Å². The van der Waals surface area contributed by atoms with Crippen LogP contribution in [-0.4, -0.2) is 17.4 Å². The lowest BCUT2D eigenvalue weighted by Crippen LogP contribution is -2.23. The van der Waals surface area contributed by atoms with E-state index in [-0.39, 0.29) is 11.5 Å². The number of hydrogen-bond acceptors (Lipinski definition) is 3. The summed E-state index contributed by atoms with van der Waals surface area (Å²) in [6.07, 6.45) is 0. The monoisotopic (exact) mass is 312 g/mol. The Balaban J connectivity index is 2.04. The van der Waals surface area contributed by atoms with Crippen LogP contribution in [0.2, 0.25) is 0 Å². The van der Waals surface area contributed by atoms with E-state index in [2.05, 4.69) is 5.32 Å². The lowest BCUT2D eigenvalue weighted by atomic mass is 10.1. The molecule has 3 N–H and O–H groups in total. The standard InChI is InChI=1S/C18H20N2O3/c1-18(2,3)23-15-10-6-13(7-11-15)17(22)20-14-8-4-12(5-9-14)16(19)21/h4-11H,1-3H3,(H2,19,21)(H,20,22). The fraction of sp³-hybridized carbons (Fsp3) is 0.222. The molecule has 2 aromatic rings. The molecule has 0 aliphatic heterocycles. The molecule has 0 bridgehead atoms. The predicted molar refractivity (Wildman–Crippen MR) is 89.7 cm³/mol. The number of carbonyl (C=O) groups is 2. The zero-order chi connectivity index (χ0) is 17.0. The molecule has 120 valence electrons. The molecule has 0 heterocycles. The van der Waals surface area contributed by atoms with E-state index in [0.717, 1.165) is 0 Å². The average Bonchev–Trinajstić information content (AvgIpc) is 2.46. The van der Waals surface area contributed by atoms with Gasteiger partial charge in [0, 0.05) is 16.8 Å². The van der Waals surface area contributed by atoms with E-state index >= 15 is 0 Å². The third kappa shape index (κ3) is 4.85. The van der Waals surface area contributed by atoms with Gasteiger partial charge in [-0.2, -0.15) is 0 Å². The van der Waals surface area contributed by atoms with Gasteiger partial charge in [-0.15, -0.1) is 0 Å². The summed E-state index contributed by atoms with van der Waals surface area (Å²) < 4.78 is 5.71. The first-order chi connectivity index (χ1) is 10.7. The van der Waals surface area contributed by atoms with Gasteiger partial charge in [0.1, 0.15) is 11.4 Å². The SMILES string of the molecule is CC(C)(C)Oc1ccc(C(=O)Nc2ccc(C(N)=O)cc2)cc1. The van der Waals surface area contributed by atoms with Crippen molar-refractivity contribution >= 4 is 17.5 Å². The van der Waals surface area contributed by atoms with Crippen molar-refractivity contribution < 1.29 is 14.3 Å². The van der Waals surface area contributed by atoms with E-state index in [1.807, 2.05) is 20.8 Å². The first kappa shape index (κ1) is 16.5. The molecule has 23 heavy (non-hydrogen) atoms. The average molecular weight is 312 g/mol. The Hall–Kier alpha value is -2.82. The topological polar surface area (TPSA) is 81.4 Å². The highest BCUT2D eigenvalue weighted by atomic mass is 16.5. The van der Waals surface area contributed by atoms with Crippen molar-refractivity contribution in [3.05, 3.63) is 59.7 Å². The third-order valence-electron chi connectivity index (χ3n) is 2.97. The van der Waals surface area contributed by atoms with Crippen LogP contribution in [0.5, 0.6) is 5.75 Å². The van der Waals surface area contributed by atoms with E-state index in [1.54, 1.807) is 48.5 Å². The molecular weight excluding hydrogens is 292 g/mol. The molecule has 0 aliphatic rings. The Kier molecular flexibility index (Phi) is 4.69. The summed E-state index contributed by atoms with van der Waals surface area (Å²) in [7, 11) is 0. The third-order valence-corrected chi connectivity index (χ3v) is 2.97. The minimum absolute atomic E-state index is 0.237. The Bertz CT molecular complexity index is 699. The first-order valence-electron chi connectivity index (χ1n) is 7.25. The van der Waals surface area contributed by atoms with E-state index in [4.69, 9.17) is 10.5 Å². The van der Waals surface area contributed by atoms with Gasteiger partial charge in [0.2, 0.25) is 5.91 Å². The molecule has 2 aromatic carbocycles. The van der Waals surface area contributed by atoms with Crippen LogP contribution >= 0.6 is 0 Å². The molecule has 0 aliphatic carbocycles. The predicted octanol–water partition coefficient (Wildman–Crippen LogP) is 3.22. The summed E-state index contributed by atoms with van der Waals surface area (Å²) in [6.45, 7) is 5.89. The highest BCUT2D eigenvalue weighted by molar-refractivity contribution is 6.04. The number of primary amides is 1. The van der Waals surface area contributed by atoms with Crippen LogP contribution in [0.25, 0.3) is 0 Å². The Labute approximate surface area is 135 Å². The second-order valence-corrected chi connectivity index (χ2v) is 6.13. The van der Waals surface area contributed by atoms with Gasteiger partial charge in [0.25, 0.3) is 5.91 Å². The Morgan fingerprint density at radius 2 is 1.43 bits per heavy atom. The smallest absolute Gasteiger partial charge is 0.255 e. The summed E-state index contributed by atoms with van der Waals surface area (Å²) in [5, 5.41) is 2.76. The number of rotatable bonds is 4. The molecule has 0 radical (unpaired) electrons. The van der Waals surface area contributed by atoms with Crippen LogP contribution in [0.15, 0.2) is 48.5 Å². The Morgan fingerprint density at radius 1 is 0.913 bits per heavy atom. The largest absolute Gasteiger partial charge is 0.488 e. The van der Waals surface area contributed by atoms with Crippen molar-refractivity contribution in [1.29, 1.82) is 0 Å². The lowest BCUT2D eigenvalue weighted by Gasteiger charge is -2.21. The van der Waals surface area contributed by atoms with Gasteiger partial charge in [-0.05, 0) is 69.3 Å². The summed E-state index contributed by atoms with van der Waals surface area (Å²) in [4.78, 5) is 23.2. The zero-order valence-corrected chi connectivity index (χ0v) is 13.4. The number of benzene rings is 2. The van der Waals surface area contributed by atoms with Gasteiger partial charge < -0.3 is 15.8 Å². The first-order valence-corrected chi connectivity index (χ1v) is 7.25. The van der Waals surface area contributed by atoms with Crippen molar-refractivity contribution in [2.45, 2.75) is 26.4 Å². The highest BCUT2D eigenvalue weighted by Crippen LogP contribution is 2.19. The summed E-state index contributed by atoms with van der Waals surface area (Å²) in [5.74, 6) is -0.0312. The van der Waals surface area contributed by atoms with Crippen LogP contribution in [0.4, 0.5) is 5.69 Å². The second kappa shape index (κ2) is 6.52. The van der Waals surface area contributed by atoms with Crippen molar-refractivity contribution in [1.82, 2.24) is 0 Å². The van der Waals surface area contributed by atoms with Gasteiger partial charge in [-0.25, -0.2) is 0 Å². The number of anilines is 1. The van der Waals surface area contributed by atoms with Gasteiger partial charge in [-0.3, -0.25) is 9.59 Å². The van der Waals surface area contributed by atoms with Gasteiger partial charge >= 0.3 is 0 Å². The van der Waals surface area contributed by atoms with Crippen molar-refractivity contribution in [2.75, 3.05) is 5.32 Å². The minimum atomic E-state index is -0.502. The number of amides is 2. The maximum Gasteiger partial charge on any atom is 0.255 e. The quantitative estimate of drug-likeness (QED) is 0.909. The number of carbonyl (C=O) groups excluding carboxylic acids is 2. The molecule has 0 atom stereocenters. The summed E-state index contributed by atoms with van der Waals surface area (Å²) in [6, 6.07) is 13.3. The molecule has 5 heteroatoms. The van der Waals surface area contributed by atoms with Crippen LogP contribution in [-0.2, 0) is 0 Å². The molecule has 5 nitrogen and oxygen atoms in total. The van der Waals surface area contributed by atoms with Crippen LogP contribution < -0.4 is 15.8 Å². The molecular formula is C18H20N2O3. The van der Waals surface area contributed by atoms with Crippen molar-refractivity contribution in [3.8, 4) is 5.75 Å². The number of nitrogens with one attached hydrogen (secondary N) is 1. The van der Waals surface area contributed by atoms with Crippen molar-refractivity contribution in [3.63, 3.8) is 0 Å². The summed E-state index contributed by atoms with van der Waals surface area (Å²) in [5.41, 5.74) is 6.40. The van der Waals surface area contributed by atoms with Gasteiger partial charge in [0.15, 0.2) is 0 Å². The number of hydrogen-bond donors (Lipinski definition) is 2. The molecule has 0 aromatic heterocycles. The fourth-order valence-electron chi connectivity index (χ4n) is 1.95. The normalized spacial score (nSPS) is 10.9. The number of nitrogens with two attached hydrogens (primary N) is 1. The molecule has 0 unspecified atom stereocenters. The second-order valence-electron chi connectivity index (χ2n) is 6.13. The van der Waals surface area contributed by atoms with Crippen LogP contribution in [0.1, 0.15) is 41.5 Å². The molecule has 2 amide bonds. The maximum absolute atomic E-state index is 12.2. The fourth-order valence-corrected chi connectivity index (χ4v) is 1.95. The van der Waals surface area contributed by atoms with E-state index in [1.165, 1.54) is 0 Å². The molecule has 0 fully saturated rings. The van der Waals surface area contributed by atoms with E-state index in [0.29, 0.717) is 22.6 Å². The van der Waals surface area contributed by atoms with E-state index in [9.17, 15) is 9.59 Å². The number of ether oxygens (including phenoxy) is 1. The van der Waals surface area contributed by atoms with Crippen LogP contribution in [0, 0.1) is 0 Å².